The second kappa shape index (κ2) is 6.99. The number of hydrogen-bond acceptors (Lipinski definition) is 7. The Morgan fingerprint density at radius 1 is 1.45 bits per heavy atom. The summed E-state index contributed by atoms with van der Waals surface area (Å²) in [4.78, 5) is 13.5. The fraction of sp³-hybridized carbons (Fsp3) is 0.769. The van der Waals surface area contributed by atoms with E-state index in [0.717, 1.165) is 0 Å². The SMILES string of the molecule is CC(C)N(C)C(=O)CSc1nnc(C[C@H]2CCS(=O)(=O)C2)o1. The standard InChI is InChI=1S/C13H21N3O4S2/c1-9(2)16(3)12(17)7-21-13-15-14-11(20-13)6-10-4-5-22(18,19)8-10/h9-10H,4-8H2,1-3H3/t10-/m1/s1. The van der Waals surface area contributed by atoms with Crippen LogP contribution in [0, 0.1) is 5.92 Å². The molecule has 1 aromatic heterocycles. The lowest BCUT2D eigenvalue weighted by Crippen LogP contribution is -2.34. The van der Waals surface area contributed by atoms with Gasteiger partial charge in [0.25, 0.3) is 5.22 Å². The molecule has 0 radical (unpaired) electrons. The summed E-state index contributed by atoms with van der Waals surface area (Å²) in [5.74, 6) is 1.17. The van der Waals surface area contributed by atoms with Crippen molar-refractivity contribution in [3.63, 3.8) is 0 Å². The molecule has 1 aliphatic rings. The van der Waals surface area contributed by atoms with Gasteiger partial charge in [-0.15, -0.1) is 10.2 Å². The van der Waals surface area contributed by atoms with E-state index in [-0.39, 0.29) is 35.1 Å². The van der Waals surface area contributed by atoms with Gasteiger partial charge in [0.15, 0.2) is 9.84 Å². The van der Waals surface area contributed by atoms with Crippen LogP contribution in [0.2, 0.25) is 0 Å². The van der Waals surface area contributed by atoms with Gasteiger partial charge in [-0.2, -0.15) is 0 Å². The molecule has 7 nitrogen and oxygen atoms in total. The van der Waals surface area contributed by atoms with Crippen molar-refractivity contribution in [3.8, 4) is 0 Å². The molecule has 1 aliphatic heterocycles. The molecule has 9 heteroatoms. The van der Waals surface area contributed by atoms with E-state index in [1.165, 1.54) is 11.8 Å². The van der Waals surface area contributed by atoms with Crippen LogP contribution in [-0.2, 0) is 21.1 Å². The van der Waals surface area contributed by atoms with Crippen molar-refractivity contribution in [2.75, 3.05) is 24.3 Å². The summed E-state index contributed by atoms with van der Waals surface area (Å²) in [5, 5.41) is 8.17. The van der Waals surface area contributed by atoms with E-state index in [1.807, 2.05) is 13.8 Å². The summed E-state index contributed by atoms with van der Waals surface area (Å²) >= 11 is 1.20. The van der Waals surface area contributed by atoms with Crippen molar-refractivity contribution in [2.24, 2.45) is 5.92 Å². The first-order valence-corrected chi connectivity index (χ1v) is 9.99. The Labute approximate surface area is 134 Å². The monoisotopic (exact) mass is 347 g/mol. The summed E-state index contributed by atoms with van der Waals surface area (Å²) in [5.41, 5.74) is 0. The van der Waals surface area contributed by atoms with Gasteiger partial charge in [0.1, 0.15) is 0 Å². The molecule has 22 heavy (non-hydrogen) atoms. The summed E-state index contributed by atoms with van der Waals surface area (Å²) in [6.07, 6.45) is 1.12. The minimum absolute atomic E-state index is 0.00152. The number of carbonyl (C=O) groups is 1. The summed E-state index contributed by atoms with van der Waals surface area (Å²) in [6, 6.07) is 0.149. The number of rotatable bonds is 6. The quantitative estimate of drug-likeness (QED) is 0.709. The molecule has 1 atom stereocenters. The predicted octanol–water partition coefficient (Wildman–Crippen LogP) is 1.01. The number of hydrogen-bond donors (Lipinski definition) is 0. The Morgan fingerprint density at radius 2 is 2.18 bits per heavy atom. The maximum atomic E-state index is 11.9. The molecule has 0 N–H and O–H groups in total. The summed E-state index contributed by atoms with van der Waals surface area (Å²) in [7, 11) is -1.14. The van der Waals surface area contributed by atoms with E-state index in [0.29, 0.717) is 24.0 Å². The molecule has 0 unspecified atom stereocenters. The van der Waals surface area contributed by atoms with Crippen LogP contribution in [0.1, 0.15) is 26.2 Å². The Hall–Kier alpha value is -1.09. The largest absolute Gasteiger partial charge is 0.416 e. The molecule has 1 amide bonds. The Kier molecular flexibility index (Phi) is 5.49. The molecule has 0 spiro atoms. The second-order valence-corrected chi connectivity index (χ2v) is 8.98. The van der Waals surface area contributed by atoms with Gasteiger partial charge >= 0.3 is 0 Å². The normalized spacial score (nSPS) is 20.5. The molecule has 124 valence electrons. The fourth-order valence-electron chi connectivity index (χ4n) is 2.17. The van der Waals surface area contributed by atoms with Crippen molar-refractivity contribution in [1.29, 1.82) is 0 Å². The van der Waals surface area contributed by atoms with Crippen LogP contribution in [0.15, 0.2) is 9.64 Å². The molecule has 1 saturated heterocycles. The van der Waals surface area contributed by atoms with E-state index in [1.54, 1.807) is 11.9 Å². The van der Waals surface area contributed by atoms with Crippen LogP contribution in [0.4, 0.5) is 0 Å². The lowest BCUT2D eigenvalue weighted by Gasteiger charge is -2.20. The van der Waals surface area contributed by atoms with E-state index >= 15 is 0 Å². The van der Waals surface area contributed by atoms with Gasteiger partial charge in [0, 0.05) is 19.5 Å². The smallest absolute Gasteiger partial charge is 0.277 e. The van der Waals surface area contributed by atoms with Crippen LogP contribution in [0.25, 0.3) is 0 Å². The van der Waals surface area contributed by atoms with Crippen molar-refractivity contribution < 1.29 is 17.6 Å². The van der Waals surface area contributed by atoms with Gasteiger partial charge in [-0.05, 0) is 26.2 Å². The zero-order valence-corrected chi connectivity index (χ0v) is 14.6. The van der Waals surface area contributed by atoms with Gasteiger partial charge in [-0.25, -0.2) is 8.42 Å². The fourth-order valence-corrected chi connectivity index (χ4v) is 4.74. The third-order valence-corrected chi connectivity index (χ3v) is 6.37. The Balaban J connectivity index is 1.83. The third kappa shape index (κ3) is 4.70. The molecule has 0 saturated carbocycles. The minimum Gasteiger partial charge on any atom is -0.416 e. The van der Waals surface area contributed by atoms with Gasteiger partial charge in [0.05, 0.1) is 17.3 Å². The van der Waals surface area contributed by atoms with Gasteiger partial charge in [-0.3, -0.25) is 4.79 Å². The average Bonchev–Trinajstić information content (AvgIpc) is 3.02. The highest BCUT2D eigenvalue weighted by Crippen LogP contribution is 2.24. The van der Waals surface area contributed by atoms with Crippen LogP contribution < -0.4 is 0 Å². The summed E-state index contributed by atoms with van der Waals surface area (Å²) in [6.45, 7) is 3.89. The zero-order valence-electron chi connectivity index (χ0n) is 13.0. The predicted molar refractivity (Wildman–Crippen MR) is 83.4 cm³/mol. The first-order chi connectivity index (χ1) is 10.3. The number of carbonyl (C=O) groups excluding carboxylic acids is 1. The van der Waals surface area contributed by atoms with Crippen molar-refractivity contribution in [1.82, 2.24) is 15.1 Å². The topological polar surface area (TPSA) is 93.4 Å². The third-order valence-electron chi connectivity index (χ3n) is 3.73. The molecule has 2 heterocycles. The molecule has 0 aromatic carbocycles. The van der Waals surface area contributed by atoms with Gasteiger partial charge in [0.2, 0.25) is 11.8 Å². The average molecular weight is 347 g/mol. The van der Waals surface area contributed by atoms with Crippen LogP contribution in [0.3, 0.4) is 0 Å². The molecular weight excluding hydrogens is 326 g/mol. The molecule has 0 aliphatic carbocycles. The lowest BCUT2D eigenvalue weighted by atomic mass is 10.1. The highest BCUT2D eigenvalue weighted by Gasteiger charge is 2.29. The number of thioether (sulfide) groups is 1. The molecule has 0 bridgehead atoms. The molecule has 1 aromatic rings. The minimum atomic E-state index is -2.89. The van der Waals surface area contributed by atoms with Crippen molar-refractivity contribution in [3.05, 3.63) is 5.89 Å². The van der Waals surface area contributed by atoms with E-state index < -0.39 is 9.84 Å². The molecule has 2 rings (SSSR count). The number of sulfone groups is 1. The lowest BCUT2D eigenvalue weighted by molar-refractivity contribution is -0.128. The first-order valence-electron chi connectivity index (χ1n) is 7.18. The Bertz CT molecular complexity index is 627. The first kappa shape index (κ1) is 17.3. The highest BCUT2D eigenvalue weighted by molar-refractivity contribution is 7.99. The van der Waals surface area contributed by atoms with E-state index in [2.05, 4.69) is 10.2 Å². The van der Waals surface area contributed by atoms with Gasteiger partial charge in [-0.1, -0.05) is 11.8 Å². The maximum Gasteiger partial charge on any atom is 0.277 e. The van der Waals surface area contributed by atoms with Crippen molar-refractivity contribution in [2.45, 2.75) is 38.0 Å². The molecule has 1 fully saturated rings. The highest BCUT2D eigenvalue weighted by atomic mass is 32.2. The van der Waals surface area contributed by atoms with E-state index in [4.69, 9.17) is 4.42 Å². The van der Waals surface area contributed by atoms with Gasteiger partial charge < -0.3 is 9.32 Å². The molecular formula is C13H21N3O4S2. The zero-order chi connectivity index (χ0) is 16.3. The number of aromatic nitrogens is 2. The van der Waals surface area contributed by atoms with Crippen LogP contribution >= 0.6 is 11.8 Å². The second-order valence-electron chi connectivity index (χ2n) is 5.82. The van der Waals surface area contributed by atoms with Crippen molar-refractivity contribution >= 4 is 27.5 Å². The van der Waals surface area contributed by atoms with E-state index in [9.17, 15) is 13.2 Å². The maximum absolute atomic E-state index is 11.9. The van der Waals surface area contributed by atoms with Crippen LogP contribution in [-0.4, -0.2) is 59.8 Å². The van der Waals surface area contributed by atoms with Crippen LogP contribution in [0.5, 0.6) is 0 Å². The summed E-state index contributed by atoms with van der Waals surface area (Å²) < 4.78 is 28.3. The number of amides is 1. The number of nitrogens with zero attached hydrogens (tertiary/aromatic N) is 3. The Morgan fingerprint density at radius 3 is 2.77 bits per heavy atom.